The van der Waals surface area contributed by atoms with Crippen molar-refractivity contribution in [2.24, 2.45) is 4.99 Å². The molecule has 5 rings (SSSR count). The van der Waals surface area contributed by atoms with Crippen LogP contribution in [0.1, 0.15) is 74.4 Å². The number of nitrogens with zero attached hydrogens (tertiary/aromatic N) is 3. The van der Waals surface area contributed by atoms with Crippen molar-refractivity contribution in [2.45, 2.75) is 60.3 Å². The van der Waals surface area contributed by atoms with Gasteiger partial charge in [-0.15, -0.1) is 0 Å². The molecule has 230 valence electrons. The lowest BCUT2D eigenvalue weighted by Gasteiger charge is -2.34. The van der Waals surface area contributed by atoms with Gasteiger partial charge in [0.2, 0.25) is 5.96 Å². The summed E-state index contributed by atoms with van der Waals surface area (Å²) >= 11 is 0. The number of hydrogen-bond acceptors (Lipinski definition) is 1. The third-order valence-electron chi connectivity index (χ3n) is 8.51. The van der Waals surface area contributed by atoms with Crippen molar-refractivity contribution in [1.82, 2.24) is 4.57 Å². The monoisotopic (exact) mass is 597 g/mol. The molecule has 0 aliphatic carbocycles. The SMILES string of the molecule is C/C=C/C=C\c1c(C)n(C(=NC)N(c2ccc(-c3ccc(F)cc3)cc2C)c2c(C(C)C)cccc2C(C)C)c2ccccc12. The van der Waals surface area contributed by atoms with E-state index in [4.69, 9.17) is 4.99 Å². The second-order valence-corrected chi connectivity index (χ2v) is 12.2. The van der Waals surface area contributed by atoms with Gasteiger partial charge >= 0.3 is 0 Å². The quantitative estimate of drug-likeness (QED) is 0.104. The summed E-state index contributed by atoms with van der Waals surface area (Å²) in [4.78, 5) is 7.46. The van der Waals surface area contributed by atoms with Crippen LogP contribution in [0.15, 0.2) is 108 Å². The number of hydrogen-bond donors (Lipinski definition) is 0. The van der Waals surface area contributed by atoms with Crippen molar-refractivity contribution in [2.75, 3.05) is 11.9 Å². The summed E-state index contributed by atoms with van der Waals surface area (Å²) < 4.78 is 16.0. The van der Waals surface area contributed by atoms with E-state index in [1.807, 2.05) is 32.2 Å². The molecule has 3 nitrogen and oxygen atoms in total. The Bertz CT molecular complexity index is 1880. The molecular formula is C41H44FN3. The van der Waals surface area contributed by atoms with E-state index in [0.717, 1.165) is 39.5 Å². The van der Waals surface area contributed by atoms with Crippen molar-refractivity contribution >= 4 is 34.3 Å². The number of aryl methyl sites for hydroxylation is 1. The maximum Gasteiger partial charge on any atom is 0.214 e. The Morgan fingerprint density at radius 3 is 2.04 bits per heavy atom. The molecule has 4 heteroatoms. The van der Waals surface area contributed by atoms with Gasteiger partial charge in [0.25, 0.3) is 0 Å². The standard InChI is InChI=1S/C41H44FN3/c1-9-10-11-15-36-30(7)44(39-19-13-12-16-37(36)39)41(43-8)45(40-34(27(2)3)17-14-18-35(40)28(4)5)38-25-22-32(26-29(38)6)31-20-23-33(42)24-21-31/h9-28H,1-8H3/b10-9+,15-11-,43-41?. The zero-order valence-electron chi connectivity index (χ0n) is 27.8. The molecule has 0 saturated heterocycles. The Balaban J connectivity index is 1.84. The molecule has 5 aromatic rings. The van der Waals surface area contributed by atoms with E-state index in [1.54, 1.807) is 0 Å². The van der Waals surface area contributed by atoms with Gasteiger partial charge < -0.3 is 0 Å². The van der Waals surface area contributed by atoms with Crippen LogP contribution < -0.4 is 4.90 Å². The van der Waals surface area contributed by atoms with E-state index in [-0.39, 0.29) is 5.82 Å². The summed E-state index contributed by atoms with van der Waals surface area (Å²) in [5, 5.41) is 1.18. The Hall–Kier alpha value is -4.70. The molecule has 4 aromatic carbocycles. The Kier molecular flexibility index (Phi) is 9.53. The summed E-state index contributed by atoms with van der Waals surface area (Å²) in [7, 11) is 1.89. The van der Waals surface area contributed by atoms with Gasteiger partial charge in [0.05, 0.1) is 16.9 Å². The summed E-state index contributed by atoms with van der Waals surface area (Å²) in [6.07, 6.45) is 8.39. The normalized spacial score (nSPS) is 12.5. The lowest BCUT2D eigenvalue weighted by Crippen LogP contribution is -2.35. The lowest BCUT2D eigenvalue weighted by molar-refractivity contribution is 0.628. The van der Waals surface area contributed by atoms with E-state index < -0.39 is 0 Å². The van der Waals surface area contributed by atoms with Crippen LogP contribution in [0.3, 0.4) is 0 Å². The topological polar surface area (TPSA) is 20.5 Å². The Morgan fingerprint density at radius 1 is 0.800 bits per heavy atom. The van der Waals surface area contributed by atoms with Crippen LogP contribution >= 0.6 is 0 Å². The minimum atomic E-state index is -0.233. The maximum absolute atomic E-state index is 13.7. The van der Waals surface area contributed by atoms with E-state index in [9.17, 15) is 4.39 Å². The number of aliphatic imine (C=N–C) groups is 1. The molecule has 0 fully saturated rings. The average molecular weight is 598 g/mol. The summed E-state index contributed by atoms with van der Waals surface area (Å²) in [6.45, 7) is 15.4. The van der Waals surface area contributed by atoms with Crippen molar-refractivity contribution < 1.29 is 4.39 Å². The smallest absolute Gasteiger partial charge is 0.214 e. The average Bonchev–Trinajstić information content (AvgIpc) is 3.30. The highest BCUT2D eigenvalue weighted by Crippen LogP contribution is 2.42. The lowest BCUT2D eigenvalue weighted by atomic mass is 9.91. The molecule has 0 N–H and O–H groups in total. The molecule has 0 aliphatic rings. The fourth-order valence-electron chi connectivity index (χ4n) is 6.25. The molecule has 0 unspecified atom stereocenters. The first kappa shape index (κ1) is 31.7. The number of para-hydroxylation sites is 2. The highest BCUT2D eigenvalue weighted by Gasteiger charge is 2.29. The second kappa shape index (κ2) is 13.5. The molecule has 0 amide bonds. The van der Waals surface area contributed by atoms with Crippen LogP contribution in [0, 0.1) is 19.7 Å². The molecule has 1 heterocycles. The molecule has 0 bridgehead atoms. The highest BCUT2D eigenvalue weighted by atomic mass is 19.1. The Morgan fingerprint density at radius 2 is 1.44 bits per heavy atom. The largest absolute Gasteiger partial charge is 0.283 e. The van der Waals surface area contributed by atoms with E-state index >= 15 is 0 Å². The number of halogens is 1. The summed E-state index contributed by atoms with van der Waals surface area (Å²) in [5.74, 6) is 1.18. The number of rotatable bonds is 7. The third-order valence-corrected chi connectivity index (χ3v) is 8.51. The first-order chi connectivity index (χ1) is 21.7. The van der Waals surface area contributed by atoms with Crippen LogP contribution in [0.4, 0.5) is 15.8 Å². The predicted molar refractivity (Wildman–Crippen MR) is 193 cm³/mol. The van der Waals surface area contributed by atoms with Crippen molar-refractivity contribution in [3.8, 4) is 11.1 Å². The van der Waals surface area contributed by atoms with Gasteiger partial charge in [-0.1, -0.05) is 107 Å². The van der Waals surface area contributed by atoms with Crippen LogP contribution in [0.5, 0.6) is 0 Å². The van der Waals surface area contributed by atoms with E-state index in [2.05, 4.69) is 130 Å². The van der Waals surface area contributed by atoms with Gasteiger partial charge in [-0.05, 0) is 90.8 Å². The van der Waals surface area contributed by atoms with Gasteiger partial charge in [-0.25, -0.2) is 4.39 Å². The third kappa shape index (κ3) is 6.15. The molecule has 1 aromatic heterocycles. The second-order valence-electron chi connectivity index (χ2n) is 12.2. The number of aromatic nitrogens is 1. The van der Waals surface area contributed by atoms with Crippen LogP contribution in [-0.2, 0) is 0 Å². The number of anilines is 2. The van der Waals surface area contributed by atoms with Gasteiger partial charge in [0.1, 0.15) is 5.82 Å². The van der Waals surface area contributed by atoms with Crippen LogP contribution in [0.25, 0.3) is 28.1 Å². The van der Waals surface area contributed by atoms with Gasteiger partial charge in [0, 0.05) is 23.7 Å². The van der Waals surface area contributed by atoms with Crippen LogP contribution in [-0.4, -0.2) is 17.6 Å². The minimum Gasteiger partial charge on any atom is -0.283 e. The fourth-order valence-corrected chi connectivity index (χ4v) is 6.25. The predicted octanol–water partition coefficient (Wildman–Crippen LogP) is 11.6. The zero-order valence-corrected chi connectivity index (χ0v) is 27.8. The zero-order chi connectivity index (χ0) is 32.2. The van der Waals surface area contributed by atoms with E-state index in [0.29, 0.717) is 11.8 Å². The molecule has 0 radical (unpaired) electrons. The van der Waals surface area contributed by atoms with Gasteiger partial charge in [0.15, 0.2) is 0 Å². The summed E-state index contributed by atoms with van der Waals surface area (Å²) in [6, 6.07) is 28.5. The number of fused-ring (bicyclic) bond motifs is 1. The fraction of sp³-hybridized carbons (Fsp3) is 0.244. The maximum atomic E-state index is 13.7. The van der Waals surface area contributed by atoms with Crippen molar-refractivity contribution in [1.29, 1.82) is 0 Å². The minimum absolute atomic E-state index is 0.233. The number of allylic oxidation sites excluding steroid dienone is 3. The molecule has 0 saturated carbocycles. The molecule has 45 heavy (non-hydrogen) atoms. The molecule has 0 atom stereocenters. The molecule has 0 aliphatic heterocycles. The molecular weight excluding hydrogens is 553 g/mol. The summed E-state index contributed by atoms with van der Waals surface area (Å²) in [5.41, 5.74) is 11.3. The van der Waals surface area contributed by atoms with Crippen LogP contribution in [0.2, 0.25) is 0 Å². The van der Waals surface area contributed by atoms with E-state index in [1.165, 1.54) is 39.9 Å². The van der Waals surface area contributed by atoms with Crippen molar-refractivity contribution in [3.05, 3.63) is 137 Å². The van der Waals surface area contributed by atoms with Crippen molar-refractivity contribution in [3.63, 3.8) is 0 Å². The van der Waals surface area contributed by atoms with Gasteiger partial charge in [-0.2, -0.15) is 0 Å². The molecule has 0 spiro atoms. The first-order valence-electron chi connectivity index (χ1n) is 15.8. The Labute approximate surface area is 268 Å². The van der Waals surface area contributed by atoms with Gasteiger partial charge in [-0.3, -0.25) is 14.5 Å². The first-order valence-corrected chi connectivity index (χ1v) is 15.8. The number of benzene rings is 4. The highest BCUT2D eigenvalue weighted by molar-refractivity contribution is 6.11.